The Morgan fingerprint density at radius 3 is 1.61 bits per heavy atom. The van der Waals surface area contributed by atoms with Crippen molar-refractivity contribution in [1.29, 1.82) is 0 Å². The monoisotopic (exact) mass is 676 g/mol. The molecule has 0 fully saturated rings. The van der Waals surface area contributed by atoms with E-state index in [4.69, 9.17) is 9.05 Å². The van der Waals surface area contributed by atoms with Crippen LogP contribution in [0.2, 0.25) is 0 Å². The molecule has 0 aliphatic heterocycles. The number of amides is 1. The van der Waals surface area contributed by atoms with Gasteiger partial charge in [0.25, 0.3) is 0 Å². The summed E-state index contributed by atoms with van der Waals surface area (Å²) in [6.45, 7) is 4.78. The first-order valence-corrected chi connectivity index (χ1v) is 20.6. The van der Waals surface area contributed by atoms with Crippen LogP contribution in [0.25, 0.3) is 0 Å². The number of allylic oxidation sites excluding steroid dienone is 1. The van der Waals surface area contributed by atoms with E-state index in [-0.39, 0.29) is 19.1 Å². The lowest BCUT2D eigenvalue weighted by molar-refractivity contribution is -0.870. The van der Waals surface area contributed by atoms with E-state index < -0.39 is 20.0 Å². The fraction of sp³-hybridized carbons (Fsp3) is 0.919. The van der Waals surface area contributed by atoms with Crippen LogP contribution in [0, 0.1) is 0 Å². The number of aliphatic hydroxyl groups is 1. The van der Waals surface area contributed by atoms with E-state index in [2.05, 4.69) is 19.2 Å². The molecule has 274 valence electrons. The first kappa shape index (κ1) is 45.2. The van der Waals surface area contributed by atoms with Crippen LogP contribution in [0.15, 0.2) is 12.2 Å². The molecule has 0 saturated heterocycles. The van der Waals surface area contributed by atoms with E-state index in [1.54, 1.807) is 6.08 Å². The summed E-state index contributed by atoms with van der Waals surface area (Å²) < 4.78 is 23.4. The number of unbranched alkanes of at least 4 members (excludes halogenated alkanes) is 21. The molecule has 46 heavy (non-hydrogen) atoms. The molecule has 3 atom stereocenters. The number of hydrogen-bond donors (Lipinski definition) is 3. The molecule has 3 N–H and O–H groups in total. The predicted octanol–water partition coefficient (Wildman–Crippen LogP) is 9.63. The van der Waals surface area contributed by atoms with Crippen molar-refractivity contribution in [3.05, 3.63) is 12.2 Å². The normalized spacial score (nSPS) is 14.8. The van der Waals surface area contributed by atoms with E-state index in [0.29, 0.717) is 17.4 Å². The standard InChI is InChI=1S/C37H75N2O6P/c1-6-8-10-12-14-16-17-18-19-20-21-23-24-26-28-30-36(40)35(34-45-46(42,43)44-33-32-39(3,4)5)38-37(41)31-29-27-25-22-15-13-11-9-7-2/h28,30,35-36,40H,6-27,29,31-34H2,1-5H3,(H-,38,41,42,43)/p+1/b30-28+/t35-,36+/m0/s1. The van der Waals surface area contributed by atoms with Crippen LogP contribution in [0.4, 0.5) is 0 Å². The molecule has 0 rings (SSSR count). The zero-order valence-corrected chi connectivity index (χ0v) is 31.7. The highest BCUT2D eigenvalue weighted by Crippen LogP contribution is 2.43. The lowest BCUT2D eigenvalue weighted by atomic mass is 10.0. The summed E-state index contributed by atoms with van der Waals surface area (Å²) in [5.74, 6) is -0.181. The van der Waals surface area contributed by atoms with Crippen LogP contribution in [0.5, 0.6) is 0 Å². The maximum absolute atomic E-state index is 12.7. The van der Waals surface area contributed by atoms with Gasteiger partial charge in [0.1, 0.15) is 13.2 Å². The highest BCUT2D eigenvalue weighted by Gasteiger charge is 2.27. The SMILES string of the molecule is CCCCCCCCCCCCCCC/C=C/[C@@H](O)[C@H](COP(=O)(O)OCC[N+](C)(C)C)NC(=O)CCCCCCCCCCC. The van der Waals surface area contributed by atoms with Gasteiger partial charge >= 0.3 is 7.82 Å². The highest BCUT2D eigenvalue weighted by molar-refractivity contribution is 7.47. The van der Waals surface area contributed by atoms with Crippen LogP contribution in [-0.2, 0) is 18.4 Å². The molecule has 0 aromatic rings. The number of phosphoric acid groups is 1. The minimum Gasteiger partial charge on any atom is -0.387 e. The number of aliphatic hydroxyl groups excluding tert-OH is 1. The van der Waals surface area contributed by atoms with E-state index in [0.717, 1.165) is 38.5 Å². The third kappa shape index (κ3) is 31.8. The minimum absolute atomic E-state index is 0.0640. The summed E-state index contributed by atoms with van der Waals surface area (Å²) in [6.07, 6.45) is 31.3. The largest absolute Gasteiger partial charge is 0.472 e. The molecule has 8 nitrogen and oxygen atoms in total. The second kappa shape index (κ2) is 30.3. The summed E-state index contributed by atoms with van der Waals surface area (Å²) >= 11 is 0. The lowest BCUT2D eigenvalue weighted by Gasteiger charge is -2.25. The first-order valence-electron chi connectivity index (χ1n) is 19.1. The van der Waals surface area contributed by atoms with E-state index >= 15 is 0 Å². The van der Waals surface area contributed by atoms with Crippen LogP contribution >= 0.6 is 7.82 Å². The number of hydrogen-bond acceptors (Lipinski definition) is 5. The summed E-state index contributed by atoms with van der Waals surface area (Å²) in [4.78, 5) is 22.9. The summed E-state index contributed by atoms with van der Waals surface area (Å²) in [5, 5.41) is 13.7. The van der Waals surface area contributed by atoms with Crippen LogP contribution in [0.3, 0.4) is 0 Å². The Bertz CT molecular complexity index is 773. The van der Waals surface area contributed by atoms with Crippen molar-refractivity contribution >= 4 is 13.7 Å². The van der Waals surface area contributed by atoms with E-state index in [9.17, 15) is 19.4 Å². The second-order valence-corrected chi connectivity index (χ2v) is 15.8. The number of rotatable bonds is 34. The quantitative estimate of drug-likeness (QED) is 0.0272. The van der Waals surface area contributed by atoms with Crippen molar-refractivity contribution < 1.29 is 32.9 Å². The summed E-state index contributed by atoms with van der Waals surface area (Å²) in [5.41, 5.74) is 0. The number of phosphoric ester groups is 1. The number of nitrogens with one attached hydrogen (secondary N) is 1. The Kier molecular flexibility index (Phi) is 29.8. The highest BCUT2D eigenvalue weighted by atomic mass is 31.2. The Balaban J connectivity index is 4.51. The number of likely N-dealkylation sites (N-methyl/N-ethyl adjacent to an activating group) is 1. The average Bonchev–Trinajstić information content (AvgIpc) is 2.99. The third-order valence-corrected chi connectivity index (χ3v) is 9.49. The van der Waals surface area contributed by atoms with Gasteiger partial charge in [0.15, 0.2) is 0 Å². The molecule has 1 unspecified atom stereocenters. The fourth-order valence-electron chi connectivity index (χ4n) is 5.39. The van der Waals surface area contributed by atoms with Gasteiger partial charge in [-0.05, 0) is 19.3 Å². The maximum atomic E-state index is 12.7. The van der Waals surface area contributed by atoms with Gasteiger partial charge in [-0.15, -0.1) is 0 Å². The predicted molar refractivity (Wildman–Crippen MR) is 194 cm³/mol. The number of quaternary nitrogens is 1. The van der Waals surface area contributed by atoms with Gasteiger partial charge in [-0.3, -0.25) is 13.8 Å². The Hall–Kier alpha value is -0.760. The van der Waals surface area contributed by atoms with Gasteiger partial charge in [0.05, 0.1) is 39.9 Å². The topological polar surface area (TPSA) is 105 Å². The number of nitrogens with zero attached hydrogens (tertiary/aromatic N) is 1. The van der Waals surface area contributed by atoms with E-state index in [1.807, 2.05) is 27.2 Å². The van der Waals surface area contributed by atoms with Gasteiger partial charge < -0.3 is 19.8 Å². The van der Waals surface area contributed by atoms with Gasteiger partial charge in [0.2, 0.25) is 5.91 Å². The molecule has 0 aliphatic rings. The van der Waals surface area contributed by atoms with Crippen molar-refractivity contribution in [2.75, 3.05) is 40.9 Å². The van der Waals surface area contributed by atoms with Crippen molar-refractivity contribution in [2.24, 2.45) is 0 Å². The lowest BCUT2D eigenvalue weighted by Crippen LogP contribution is -2.45. The zero-order valence-electron chi connectivity index (χ0n) is 30.8. The third-order valence-electron chi connectivity index (χ3n) is 8.51. The molecule has 1 amide bonds. The van der Waals surface area contributed by atoms with Gasteiger partial charge in [0, 0.05) is 6.42 Å². The Labute approximate surface area is 284 Å². The minimum atomic E-state index is -4.32. The molecular formula is C37H76N2O6P+. The molecule has 0 aromatic carbocycles. The molecule has 0 bridgehead atoms. The van der Waals surface area contributed by atoms with Gasteiger partial charge in [-0.2, -0.15) is 0 Å². The smallest absolute Gasteiger partial charge is 0.387 e. The average molecular weight is 676 g/mol. The van der Waals surface area contributed by atoms with Crippen molar-refractivity contribution in [2.45, 2.75) is 180 Å². The molecule has 0 aromatic heterocycles. The van der Waals surface area contributed by atoms with Crippen molar-refractivity contribution in [1.82, 2.24) is 5.32 Å². The molecular weight excluding hydrogens is 599 g/mol. The molecule has 0 saturated carbocycles. The Morgan fingerprint density at radius 1 is 0.717 bits per heavy atom. The number of carbonyl (C=O) groups excluding carboxylic acids is 1. The zero-order chi connectivity index (χ0) is 34.4. The second-order valence-electron chi connectivity index (χ2n) is 14.3. The molecule has 0 spiro atoms. The summed E-state index contributed by atoms with van der Waals surface area (Å²) in [6, 6.07) is -0.837. The number of carbonyl (C=O) groups is 1. The molecule has 0 heterocycles. The van der Waals surface area contributed by atoms with Crippen LogP contribution in [0.1, 0.15) is 168 Å². The molecule has 0 aliphatic carbocycles. The van der Waals surface area contributed by atoms with Gasteiger partial charge in [-0.25, -0.2) is 4.57 Å². The maximum Gasteiger partial charge on any atom is 0.472 e. The molecule has 9 heteroatoms. The van der Waals surface area contributed by atoms with E-state index in [1.165, 1.54) is 109 Å². The molecule has 0 radical (unpaired) electrons. The summed E-state index contributed by atoms with van der Waals surface area (Å²) in [7, 11) is 1.57. The van der Waals surface area contributed by atoms with Crippen LogP contribution in [-0.4, -0.2) is 73.4 Å². The van der Waals surface area contributed by atoms with Crippen molar-refractivity contribution in [3.63, 3.8) is 0 Å². The first-order chi connectivity index (χ1) is 22.0. The van der Waals surface area contributed by atoms with Crippen molar-refractivity contribution in [3.8, 4) is 0 Å². The van der Waals surface area contributed by atoms with Gasteiger partial charge in [-0.1, -0.05) is 154 Å². The fourth-order valence-corrected chi connectivity index (χ4v) is 6.13. The van der Waals surface area contributed by atoms with Crippen LogP contribution < -0.4 is 5.32 Å². The Morgan fingerprint density at radius 2 is 1.15 bits per heavy atom.